The Morgan fingerprint density at radius 3 is 2.39 bits per heavy atom. The monoisotopic (exact) mass is 542 g/mol. The minimum Gasteiger partial charge on any atom is -0.467 e. The Morgan fingerprint density at radius 1 is 0.974 bits per heavy atom. The van der Waals surface area contributed by atoms with E-state index in [0.29, 0.717) is 42.6 Å². The summed E-state index contributed by atoms with van der Waals surface area (Å²) in [5, 5.41) is 3.43. The van der Waals surface area contributed by atoms with Crippen LogP contribution in [0.25, 0.3) is 0 Å². The molecule has 2 aromatic carbocycles. The van der Waals surface area contributed by atoms with Gasteiger partial charge in [-0.2, -0.15) is 0 Å². The van der Waals surface area contributed by atoms with Crippen LogP contribution in [0.5, 0.6) is 0 Å². The van der Waals surface area contributed by atoms with Crippen molar-refractivity contribution in [1.29, 1.82) is 0 Å². The van der Waals surface area contributed by atoms with Crippen molar-refractivity contribution in [2.24, 2.45) is 0 Å². The van der Waals surface area contributed by atoms with Gasteiger partial charge in [0.1, 0.15) is 18.1 Å². The second-order valence-electron chi connectivity index (χ2n) is 9.12. The zero-order valence-electron chi connectivity index (χ0n) is 21.2. The smallest absolute Gasteiger partial charge is 0.322 e. The van der Waals surface area contributed by atoms with Gasteiger partial charge in [0.25, 0.3) is 0 Å². The number of urea groups is 1. The Bertz CT molecular complexity index is 1150. The molecule has 1 fully saturated rings. The maximum Gasteiger partial charge on any atom is 0.322 e. The van der Waals surface area contributed by atoms with Gasteiger partial charge in [-0.3, -0.25) is 9.69 Å². The first-order valence-electron chi connectivity index (χ1n) is 12.6. The van der Waals surface area contributed by atoms with Crippen molar-refractivity contribution >= 4 is 29.2 Å². The van der Waals surface area contributed by atoms with Crippen molar-refractivity contribution < 1.29 is 23.1 Å². The number of carbonyl (C=O) groups excluding carboxylic acids is 2. The Morgan fingerprint density at radius 2 is 1.71 bits per heavy atom. The van der Waals surface area contributed by atoms with Crippen LogP contribution in [-0.4, -0.2) is 72.6 Å². The van der Waals surface area contributed by atoms with Crippen LogP contribution < -0.4 is 5.32 Å². The van der Waals surface area contributed by atoms with E-state index in [1.165, 1.54) is 17.0 Å². The number of hydrogen-bond donors (Lipinski definition) is 1. The van der Waals surface area contributed by atoms with Gasteiger partial charge in [-0.1, -0.05) is 23.7 Å². The van der Waals surface area contributed by atoms with Crippen molar-refractivity contribution in [2.45, 2.75) is 19.5 Å². The molecule has 1 N–H and O–H groups in total. The first-order valence-corrected chi connectivity index (χ1v) is 13.0. The Balaban J connectivity index is 1.46. The third-order valence-corrected chi connectivity index (χ3v) is 6.53. The number of carbonyl (C=O) groups is 2. The van der Waals surface area contributed by atoms with Gasteiger partial charge in [0.2, 0.25) is 5.91 Å². The second-order valence-corrected chi connectivity index (χ2v) is 9.56. The minimum atomic E-state index is -0.373. The molecule has 2 heterocycles. The fraction of sp³-hybridized carbons (Fsp3) is 0.357. The number of benzene rings is 2. The van der Waals surface area contributed by atoms with Crippen molar-refractivity contribution in [3.8, 4) is 0 Å². The molecule has 1 saturated heterocycles. The van der Waals surface area contributed by atoms with E-state index in [1.807, 2.05) is 0 Å². The van der Waals surface area contributed by atoms with Crippen LogP contribution in [0.15, 0.2) is 71.3 Å². The standard InChI is InChI=1S/C28H32ClFN4O4/c29-23-6-10-25(11-7-23)31-28(36)33(13-2-12-32-14-17-37-18-15-32)21-27(35)34(20-26-3-1-16-38-26)19-22-4-8-24(30)9-5-22/h1,3-11,16H,2,12-15,17-21H2,(H,31,36). The van der Waals surface area contributed by atoms with Gasteiger partial charge < -0.3 is 24.3 Å². The van der Waals surface area contributed by atoms with Gasteiger partial charge >= 0.3 is 6.03 Å². The number of ether oxygens (including phenoxy) is 1. The number of nitrogens with one attached hydrogen (secondary N) is 1. The lowest BCUT2D eigenvalue weighted by Crippen LogP contribution is -2.45. The Kier molecular flexibility index (Phi) is 10.1. The highest BCUT2D eigenvalue weighted by Gasteiger charge is 2.23. The van der Waals surface area contributed by atoms with Crippen LogP contribution in [0.3, 0.4) is 0 Å². The van der Waals surface area contributed by atoms with Crippen molar-refractivity contribution in [1.82, 2.24) is 14.7 Å². The zero-order chi connectivity index (χ0) is 26.7. The van der Waals surface area contributed by atoms with E-state index in [9.17, 15) is 14.0 Å². The number of anilines is 1. The number of hydrogen-bond acceptors (Lipinski definition) is 5. The van der Waals surface area contributed by atoms with E-state index in [0.717, 1.165) is 25.2 Å². The lowest BCUT2D eigenvalue weighted by atomic mass is 10.2. The zero-order valence-corrected chi connectivity index (χ0v) is 21.9. The largest absolute Gasteiger partial charge is 0.467 e. The molecular weight excluding hydrogens is 511 g/mol. The predicted octanol–water partition coefficient (Wildman–Crippen LogP) is 4.86. The molecule has 0 atom stereocenters. The van der Waals surface area contributed by atoms with Crippen molar-refractivity contribution in [2.75, 3.05) is 51.3 Å². The van der Waals surface area contributed by atoms with E-state index >= 15 is 0 Å². The average molecular weight is 543 g/mol. The van der Waals surface area contributed by atoms with E-state index in [1.54, 1.807) is 59.7 Å². The van der Waals surface area contributed by atoms with Crippen LogP contribution in [0.1, 0.15) is 17.7 Å². The van der Waals surface area contributed by atoms with E-state index in [4.69, 9.17) is 20.8 Å². The van der Waals surface area contributed by atoms with Crippen LogP contribution in [0, 0.1) is 5.82 Å². The maximum atomic E-state index is 13.6. The summed E-state index contributed by atoms with van der Waals surface area (Å²) in [7, 11) is 0. The average Bonchev–Trinajstić information content (AvgIpc) is 3.44. The fourth-order valence-electron chi connectivity index (χ4n) is 4.19. The summed E-state index contributed by atoms with van der Waals surface area (Å²) in [4.78, 5) is 32.3. The molecule has 0 bridgehead atoms. The molecule has 1 aliphatic rings. The third-order valence-electron chi connectivity index (χ3n) is 6.28. The molecule has 4 rings (SSSR count). The number of halogens is 2. The molecule has 10 heteroatoms. The maximum absolute atomic E-state index is 13.6. The normalized spacial score (nSPS) is 13.7. The molecule has 1 aliphatic heterocycles. The summed E-state index contributed by atoms with van der Waals surface area (Å²) in [6.45, 7) is 4.65. The van der Waals surface area contributed by atoms with E-state index in [2.05, 4.69) is 10.2 Å². The number of morpholine rings is 1. The summed E-state index contributed by atoms with van der Waals surface area (Å²) >= 11 is 5.97. The Hall–Kier alpha value is -3.40. The molecular formula is C28H32ClFN4O4. The molecule has 3 aromatic rings. The molecule has 0 spiro atoms. The SMILES string of the molecule is O=C(CN(CCCN1CCOCC1)C(=O)Nc1ccc(Cl)cc1)N(Cc1ccc(F)cc1)Cc1ccco1. The molecule has 0 aliphatic carbocycles. The van der Waals surface area contributed by atoms with Gasteiger partial charge in [0, 0.05) is 43.4 Å². The summed E-state index contributed by atoms with van der Waals surface area (Å²) in [5.41, 5.74) is 1.36. The lowest BCUT2D eigenvalue weighted by Gasteiger charge is -2.30. The molecule has 0 unspecified atom stereocenters. The molecule has 3 amide bonds. The molecule has 1 aromatic heterocycles. The van der Waals surface area contributed by atoms with Crippen LogP contribution in [-0.2, 0) is 22.6 Å². The number of furan rings is 1. The topological polar surface area (TPSA) is 78.3 Å². The quantitative estimate of drug-likeness (QED) is 0.374. The van der Waals surface area contributed by atoms with Gasteiger partial charge in [0.15, 0.2) is 0 Å². The summed E-state index contributed by atoms with van der Waals surface area (Å²) in [6.07, 6.45) is 2.25. The van der Waals surface area contributed by atoms with Crippen molar-refractivity contribution in [3.63, 3.8) is 0 Å². The van der Waals surface area contributed by atoms with Crippen molar-refractivity contribution in [3.05, 3.63) is 89.1 Å². The fourth-order valence-corrected chi connectivity index (χ4v) is 4.32. The molecule has 8 nitrogen and oxygen atoms in total. The van der Waals surface area contributed by atoms with Gasteiger partial charge in [-0.05, 0) is 60.5 Å². The first-order chi connectivity index (χ1) is 18.5. The minimum absolute atomic E-state index is 0.121. The van der Waals surface area contributed by atoms with Crippen LogP contribution in [0.4, 0.5) is 14.9 Å². The van der Waals surface area contributed by atoms with Crippen LogP contribution in [0.2, 0.25) is 5.02 Å². The number of nitrogens with zero attached hydrogens (tertiary/aromatic N) is 3. The lowest BCUT2D eigenvalue weighted by molar-refractivity contribution is -0.133. The third kappa shape index (κ3) is 8.58. The predicted molar refractivity (Wildman–Crippen MR) is 143 cm³/mol. The Labute approximate surface area is 226 Å². The second kappa shape index (κ2) is 13.9. The molecule has 202 valence electrons. The molecule has 38 heavy (non-hydrogen) atoms. The molecule has 0 radical (unpaired) electrons. The van der Waals surface area contributed by atoms with Gasteiger partial charge in [-0.15, -0.1) is 0 Å². The summed E-state index contributed by atoms with van der Waals surface area (Å²) in [5.74, 6) is 0.0243. The van der Waals surface area contributed by atoms with E-state index < -0.39 is 0 Å². The highest BCUT2D eigenvalue weighted by Crippen LogP contribution is 2.16. The highest BCUT2D eigenvalue weighted by atomic mass is 35.5. The van der Waals surface area contributed by atoms with Gasteiger partial charge in [-0.25, -0.2) is 9.18 Å². The summed E-state index contributed by atoms with van der Waals surface area (Å²) in [6, 6.07) is 16.0. The highest BCUT2D eigenvalue weighted by molar-refractivity contribution is 6.30. The summed E-state index contributed by atoms with van der Waals surface area (Å²) < 4.78 is 24.3. The molecule has 0 saturated carbocycles. The van der Waals surface area contributed by atoms with Crippen LogP contribution >= 0.6 is 11.6 Å². The first kappa shape index (κ1) is 27.6. The number of amides is 3. The number of rotatable bonds is 11. The van der Waals surface area contributed by atoms with E-state index in [-0.39, 0.29) is 37.4 Å². The van der Waals surface area contributed by atoms with Gasteiger partial charge in [0.05, 0.1) is 26.0 Å².